The minimum absolute atomic E-state index is 0.000435. The van der Waals surface area contributed by atoms with E-state index in [0.717, 1.165) is 23.4 Å². The first-order valence-electron chi connectivity index (χ1n) is 7.50. The lowest BCUT2D eigenvalue weighted by atomic mass is 10.1. The molecule has 1 unspecified atom stereocenters. The molecular formula is C18H18ClNO2. The highest BCUT2D eigenvalue weighted by Gasteiger charge is 2.33. The van der Waals surface area contributed by atoms with Crippen molar-refractivity contribution in [2.24, 2.45) is 0 Å². The number of carbonyl (C=O) groups excluding carboxylic acids is 1. The molecule has 0 saturated carbocycles. The Morgan fingerprint density at radius 2 is 1.95 bits per heavy atom. The second kappa shape index (κ2) is 6.41. The molecule has 1 heterocycles. The van der Waals surface area contributed by atoms with E-state index in [1.165, 1.54) is 0 Å². The lowest BCUT2D eigenvalue weighted by Gasteiger charge is -2.34. The molecule has 0 radical (unpaired) electrons. The third-order valence-electron chi connectivity index (χ3n) is 3.76. The molecule has 0 spiro atoms. The van der Waals surface area contributed by atoms with Crippen LogP contribution in [0, 0.1) is 0 Å². The van der Waals surface area contributed by atoms with E-state index in [9.17, 15) is 4.79 Å². The van der Waals surface area contributed by atoms with Gasteiger partial charge in [0.2, 0.25) is 0 Å². The maximum Gasteiger partial charge on any atom is 0.268 e. The van der Waals surface area contributed by atoms with Crippen LogP contribution in [0.5, 0.6) is 5.75 Å². The Kier molecular flexibility index (Phi) is 4.34. The predicted molar refractivity (Wildman–Crippen MR) is 88.4 cm³/mol. The zero-order valence-electron chi connectivity index (χ0n) is 12.5. The van der Waals surface area contributed by atoms with Gasteiger partial charge in [0.15, 0.2) is 6.10 Å². The lowest BCUT2D eigenvalue weighted by molar-refractivity contribution is -0.126. The molecule has 0 aromatic heterocycles. The Morgan fingerprint density at radius 1 is 1.18 bits per heavy atom. The van der Waals surface area contributed by atoms with Gasteiger partial charge < -0.3 is 9.64 Å². The lowest BCUT2D eigenvalue weighted by Crippen LogP contribution is -2.45. The molecule has 1 amide bonds. The van der Waals surface area contributed by atoms with E-state index in [1.54, 1.807) is 17.0 Å². The predicted octanol–water partition coefficient (Wildman–Crippen LogP) is 4.43. The highest BCUT2D eigenvalue weighted by atomic mass is 35.5. The summed E-state index contributed by atoms with van der Waals surface area (Å²) in [4.78, 5) is 14.5. The van der Waals surface area contributed by atoms with Gasteiger partial charge in [0, 0.05) is 5.02 Å². The maximum absolute atomic E-state index is 12.8. The first-order chi connectivity index (χ1) is 10.7. The van der Waals surface area contributed by atoms with E-state index in [4.69, 9.17) is 16.3 Å². The number of carbonyl (C=O) groups is 1. The maximum atomic E-state index is 12.8. The van der Waals surface area contributed by atoms with E-state index in [1.807, 2.05) is 36.4 Å². The molecule has 0 bridgehead atoms. The van der Waals surface area contributed by atoms with Crippen molar-refractivity contribution in [3.8, 4) is 5.75 Å². The summed E-state index contributed by atoms with van der Waals surface area (Å²) < 4.78 is 5.86. The van der Waals surface area contributed by atoms with Crippen LogP contribution < -0.4 is 9.64 Å². The highest BCUT2D eigenvalue weighted by molar-refractivity contribution is 6.31. The van der Waals surface area contributed by atoms with Gasteiger partial charge in [-0.2, -0.15) is 0 Å². The van der Waals surface area contributed by atoms with E-state index in [-0.39, 0.29) is 5.91 Å². The van der Waals surface area contributed by atoms with Crippen molar-refractivity contribution < 1.29 is 9.53 Å². The largest absolute Gasteiger partial charge is 0.478 e. The molecule has 22 heavy (non-hydrogen) atoms. The van der Waals surface area contributed by atoms with Crippen molar-refractivity contribution in [3.63, 3.8) is 0 Å². The number of halogens is 1. The minimum atomic E-state index is -0.414. The molecule has 0 aliphatic carbocycles. The van der Waals surface area contributed by atoms with Gasteiger partial charge in [0.05, 0.1) is 12.2 Å². The number of ether oxygens (including phenoxy) is 1. The van der Waals surface area contributed by atoms with Gasteiger partial charge in [-0.3, -0.25) is 4.79 Å². The van der Waals surface area contributed by atoms with Crippen LogP contribution in [-0.2, 0) is 11.3 Å². The van der Waals surface area contributed by atoms with Gasteiger partial charge in [-0.05, 0) is 30.2 Å². The fraction of sp³-hybridized carbons (Fsp3) is 0.278. The summed E-state index contributed by atoms with van der Waals surface area (Å²) in [6.07, 6.45) is 1.20. The van der Waals surface area contributed by atoms with Gasteiger partial charge >= 0.3 is 0 Å². The van der Waals surface area contributed by atoms with Gasteiger partial charge in [-0.15, -0.1) is 0 Å². The Hall–Kier alpha value is -2.00. The van der Waals surface area contributed by atoms with Crippen LogP contribution in [0.3, 0.4) is 0 Å². The summed E-state index contributed by atoms with van der Waals surface area (Å²) in [5.41, 5.74) is 1.83. The molecule has 1 atom stereocenters. The quantitative estimate of drug-likeness (QED) is 0.835. The summed E-state index contributed by atoms with van der Waals surface area (Å²) in [5, 5.41) is 0.599. The van der Waals surface area contributed by atoms with Crippen LogP contribution in [0.2, 0.25) is 5.02 Å². The molecule has 3 nitrogen and oxygen atoms in total. The van der Waals surface area contributed by atoms with Crippen molar-refractivity contribution in [1.82, 2.24) is 0 Å². The number of anilines is 1. The number of fused-ring (bicyclic) bond motifs is 1. The monoisotopic (exact) mass is 315 g/mol. The van der Waals surface area contributed by atoms with Crippen molar-refractivity contribution in [3.05, 3.63) is 59.1 Å². The molecular weight excluding hydrogens is 298 g/mol. The third kappa shape index (κ3) is 2.95. The summed E-state index contributed by atoms with van der Waals surface area (Å²) in [6, 6.07) is 15.4. The van der Waals surface area contributed by atoms with Crippen LogP contribution >= 0.6 is 11.6 Å². The van der Waals surface area contributed by atoms with Crippen LogP contribution in [0.4, 0.5) is 5.69 Å². The Morgan fingerprint density at radius 3 is 2.68 bits per heavy atom. The van der Waals surface area contributed by atoms with E-state index in [2.05, 4.69) is 6.92 Å². The van der Waals surface area contributed by atoms with Crippen LogP contribution in [-0.4, -0.2) is 12.0 Å². The van der Waals surface area contributed by atoms with Crippen molar-refractivity contribution >= 4 is 23.2 Å². The molecule has 0 N–H and O–H groups in total. The molecule has 0 saturated heterocycles. The molecule has 114 valence electrons. The Bertz CT molecular complexity index is 672. The zero-order valence-corrected chi connectivity index (χ0v) is 13.2. The molecule has 2 aromatic rings. The summed E-state index contributed by atoms with van der Waals surface area (Å²) in [7, 11) is 0. The Balaban J connectivity index is 1.98. The second-order valence-corrected chi connectivity index (χ2v) is 5.85. The van der Waals surface area contributed by atoms with E-state index >= 15 is 0 Å². The second-order valence-electron chi connectivity index (χ2n) is 5.42. The highest BCUT2D eigenvalue weighted by Crippen LogP contribution is 2.37. The van der Waals surface area contributed by atoms with Crippen LogP contribution in [0.25, 0.3) is 0 Å². The summed E-state index contributed by atoms with van der Waals surface area (Å²) >= 11 is 6.10. The smallest absolute Gasteiger partial charge is 0.268 e. The topological polar surface area (TPSA) is 29.5 Å². The minimum Gasteiger partial charge on any atom is -0.478 e. The van der Waals surface area contributed by atoms with E-state index in [0.29, 0.717) is 18.0 Å². The molecule has 2 aromatic carbocycles. The molecule has 1 aliphatic rings. The SMILES string of the molecule is CCCC1Oc2ccc(Cl)cc2N(Cc2ccccc2)C1=O. The molecule has 1 aliphatic heterocycles. The summed E-state index contributed by atoms with van der Waals surface area (Å²) in [5.74, 6) is 0.721. The molecule has 0 fully saturated rings. The number of amides is 1. The van der Waals surface area contributed by atoms with E-state index < -0.39 is 6.10 Å². The normalized spacial score (nSPS) is 17.1. The average Bonchev–Trinajstić information content (AvgIpc) is 2.53. The van der Waals surface area contributed by atoms with Gasteiger partial charge in [0.25, 0.3) is 5.91 Å². The van der Waals surface area contributed by atoms with Crippen molar-refractivity contribution in [2.45, 2.75) is 32.4 Å². The molecule has 4 heteroatoms. The fourth-order valence-electron chi connectivity index (χ4n) is 2.67. The van der Waals surface area contributed by atoms with Crippen molar-refractivity contribution in [1.29, 1.82) is 0 Å². The van der Waals surface area contributed by atoms with Crippen LogP contribution in [0.1, 0.15) is 25.3 Å². The first-order valence-corrected chi connectivity index (χ1v) is 7.88. The van der Waals surface area contributed by atoms with Gasteiger partial charge in [0.1, 0.15) is 5.75 Å². The third-order valence-corrected chi connectivity index (χ3v) is 3.99. The van der Waals surface area contributed by atoms with Gasteiger partial charge in [-0.1, -0.05) is 55.3 Å². The number of rotatable bonds is 4. The summed E-state index contributed by atoms with van der Waals surface area (Å²) in [6.45, 7) is 2.58. The average molecular weight is 316 g/mol. The first kappa shape index (κ1) is 14.9. The fourth-order valence-corrected chi connectivity index (χ4v) is 2.84. The zero-order chi connectivity index (χ0) is 15.5. The standard InChI is InChI=1S/C18H18ClNO2/c1-2-6-17-18(21)20(12-13-7-4-3-5-8-13)15-11-14(19)9-10-16(15)22-17/h3-5,7-11,17H,2,6,12H2,1H3. The number of nitrogens with zero attached hydrogens (tertiary/aromatic N) is 1. The molecule has 3 rings (SSSR count). The number of benzene rings is 2. The number of hydrogen-bond donors (Lipinski definition) is 0. The Labute approximate surface area is 135 Å². The number of hydrogen-bond acceptors (Lipinski definition) is 2. The van der Waals surface area contributed by atoms with Gasteiger partial charge in [-0.25, -0.2) is 0 Å². The van der Waals surface area contributed by atoms with Crippen molar-refractivity contribution in [2.75, 3.05) is 4.90 Å². The van der Waals surface area contributed by atoms with Crippen LogP contribution in [0.15, 0.2) is 48.5 Å².